The lowest BCUT2D eigenvalue weighted by atomic mass is 10.2. The van der Waals surface area contributed by atoms with Crippen molar-refractivity contribution in [3.05, 3.63) is 46.2 Å². The first-order valence-corrected chi connectivity index (χ1v) is 9.19. The minimum absolute atomic E-state index is 0.0850. The third-order valence-corrected chi connectivity index (χ3v) is 5.71. The maximum absolute atomic E-state index is 12.7. The number of benzene rings is 1. The molecule has 1 N–H and O–H groups in total. The van der Waals surface area contributed by atoms with Gasteiger partial charge in [0.15, 0.2) is 0 Å². The molecule has 2 rings (SSSR count). The van der Waals surface area contributed by atoms with Crippen molar-refractivity contribution < 1.29 is 13.2 Å². The van der Waals surface area contributed by atoms with Gasteiger partial charge in [0.05, 0.1) is 9.77 Å². The maximum Gasteiger partial charge on any atom is 0.268 e. The average molecular weight is 348 g/mol. The molecule has 1 aromatic carbocycles. The quantitative estimate of drug-likeness (QED) is 0.843. The van der Waals surface area contributed by atoms with E-state index in [-0.39, 0.29) is 10.8 Å². The Hall–Kier alpha value is -2.14. The highest BCUT2D eigenvalue weighted by Crippen LogP contribution is 2.24. The Kier molecular flexibility index (Phi) is 5.21. The highest BCUT2D eigenvalue weighted by Gasteiger charge is 2.21. The van der Waals surface area contributed by atoms with E-state index in [1.54, 1.807) is 29.2 Å². The molecule has 0 aliphatic heterocycles. The van der Waals surface area contributed by atoms with E-state index in [1.165, 1.54) is 18.5 Å². The summed E-state index contributed by atoms with van der Waals surface area (Å²) in [5, 5.41) is 1.45. The van der Waals surface area contributed by atoms with Crippen LogP contribution in [-0.2, 0) is 10.0 Å². The third kappa shape index (κ3) is 3.62. The number of hydrogen-bond acceptors (Lipinski definition) is 4. The Morgan fingerprint density at radius 1 is 1.39 bits per heavy atom. The van der Waals surface area contributed by atoms with Crippen molar-refractivity contribution >= 4 is 33.0 Å². The molecule has 1 heterocycles. The monoisotopic (exact) mass is 348 g/mol. The molecule has 2 aromatic rings. The van der Waals surface area contributed by atoms with Gasteiger partial charge < -0.3 is 4.90 Å². The number of hydrogen-bond donors (Lipinski definition) is 1. The van der Waals surface area contributed by atoms with Gasteiger partial charge in [0.1, 0.15) is 0 Å². The number of carbonyl (C=O) groups excluding carboxylic acids is 1. The molecule has 0 fully saturated rings. The summed E-state index contributed by atoms with van der Waals surface area (Å²) in [5.74, 6) is 2.27. The molecule has 0 saturated carbocycles. The van der Waals surface area contributed by atoms with Crippen LogP contribution in [-0.4, -0.2) is 27.9 Å². The van der Waals surface area contributed by atoms with Crippen molar-refractivity contribution in [2.75, 3.05) is 18.5 Å². The highest BCUT2D eigenvalue weighted by molar-refractivity contribution is 7.89. The molecular weight excluding hydrogens is 332 g/mol. The first kappa shape index (κ1) is 17.2. The summed E-state index contributed by atoms with van der Waals surface area (Å²) in [6.07, 6.45) is 5.39. The van der Waals surface area contributed by atoms with E-state index in [0.717, 1.165) is 11.3 Å². The number of nitrogens with zero attached hydrogens (tertiary/aromatic N) is 1. The molecule has 5 nitrogen and oxygen atoms in total. The maximum atomic E-state index is 12.7. The van der Waals surface area contributed by atoms with Gasteiger partial charge in [-0.3, -0.25) is 4.79 Å². The summed E-state index contributed by atoms with van der Waals surface area (Å²) in [4.78, 5) is 14.7. The normalized spacial score (nSPS) is 11.0. The minimum atomic E-state index is -3.56. The second-order valence-electron chi connectivity index (χ2n) is 4.60. The van der Waals surface area contributed by atoms with Crippen LogP contribution < -0.4 is 9.62 Å². The molecule has 23 heavy (non-hydrogen) atoms. The van der Waals surface area contributed by atoms with E-state index in [2.05, 4.69) is 10.6 Å². The second kappa shape index (κ2) is 6.96. The molecule has 0 saturated heterocycles. The summed E-state index contributed by atoms with van der Waals surface area (Å²) in [7, 11) is -2.22. The SMILES string of the molecule is C#Cc1cccc(N(CC)C(=O)c2cc(S(=O)(=O)NC)cs2)c1. The van der Waals surface area contributed by atoms with Gasteiger partial charge in [-0.1, -0.05) is 12.0 Å². The Labute approximate surface area is 140 Å². The minimum Gasteiger partial charge on any atom is -0.308 e. The van der Waals surface area contributed by atoms with E-state index in [9.17, 15) is 13.2 Å². The molecule has 0 radical (unpaired) electrons. The zero-order chi connectivity index (χ0) is 17.0. The first-order valence-electron chi connectivity index (χ1n) is 6.83. The fourth-order valence-corrected chi connectivity index (χ4v) is 3.98. The zero-order valence-electron chi connectivity index (χ0n) is 12.7. The molecular formula is C16H16N2O3S2. The number of anilines is 1. The van der Waals surface area contributed by atoms with Gasteiger partial charge in [0, 0.05) is 23.2 Å². The number of thiophene rings is 1. The van der Waals surface area contributed by atoms with E-state index < -0.39 is 10.0 Å². The Morgan fingerprint density at radius 3 is 2.74 bits per heavy atom. The second-order valence-corrected chi connectivity index (χ2v) is 7.40. The van der Waals surface area contributed by atoms with Crippen LogP contribution in [0.4, 0.5) is 5.69 Å². The van der Waals surface area contributed by atoms with Crippen molar-refractivity contribution in [1.29, 1.82) is 0 Å². The van der Waals surface area contributed by atoms with Crippen LogP contribution in [0.15, 0.2) is 40.6 Å². The molecule has 0 aliphatic carbocycles. The predicted octanol–water partition coefficient (Wildman–Crippen LogP) is 2.30. The van der Waals surface area contributed by atoms with Gasteiger partial charge in [0.25, 0.3) is 5.91 Å². The van der Waals surface area contributed by atoms with Gasteiger partial charge in [-0.2, -0.15) is 0 Å². The lowest BCUT2D eigenvalue weighted by Gasteiger charge is -2.20. The summed E-state index contributed by atoms with van der Waals surface area (Å²) in [6, 6.07) is 8.49. The molecule has 0 aliphatic rings. The van der Waals surface area contributed by atoms with Gasteiger partial charge in [-0.05, 0) is 38.2 Å². The molecule has 0 atom stereocenters. The average Bonchev–Trinajstić information content (AvgIpc) is 3.06. The lowest BCUT2D eigenvalue weighted by Crippen LogP contribution is -2.30. The lowest BCUT2D eigenvalue weighted by molar-refractivity contribution is 0.0992. The number of rotatable bonds is 5. The van der Waals surface area contributed by atoms with Crippen molar-refractivity contribution in [3.8, 4) is 12.3 Å². The van der Waals surface area contributed by atoms with E-state index in [4.69, 9.17) is 6.42 Å². The number of amides is 1. The summed E-state index contributed by atoms with van der Waals surface area (Å²) in [5.41, 5.74) is 1.36. The van der Waals surface area contributed by atoms with Crippen molar-refractivity contribution in [3.63, 3.8) is 0 Å². The topological polar surface area (TPSA) is 66.5 Å². The van der Waals surface area contributed by atoms with Crippen LogP contribution in [0.1, 0.15) is 22.2 Å². The smallest absolute Gasteiger partial charge is 0.268 e. The molecule has 120 valence electrons. The number of sulfonamides is 1. The van der Waals surface area contributed by atoms with Crippen molar-refractivity contribution in [2.24, 2.45) is 0 Å². The highest BCUT2D eigenvalue weighted by atomic mass is 32.2. The summed E-state index contributed by atoms with van der Waals surface area (Å²) >= 11 is 1.10. The summed E-state index contributed by atoms with van der Waals surface area (Å²) < 4.78 is 25.8. The Bertz CT molecular complexity index is 863. The van der Waals surface area contributed by atoms with Gasteiger partial charge >= 0.3 is 0 Å². The Balaban J connectivity index is 2.36. The van der Waals surface area contributed by atoms with Gasteiger partial charge in [0.2, 0.25) is 10.0 Å². The molecule has 1 amide bonds. The van der Waals surface area contributed by atoms with Crippen molar-refractivity contribution in [2.45, 2.75) is 11.8 Å². The van der Waals surface area contributed by atoms with Crippen LogP contribution in [0, 0.1) is 12.3 Å². The van der Waals surface area contributed by atoms with E-state index >= 15 is 0 Å². The number of carbonyl (C=O) groups is 1. The molecule has 0 spiro atoms. The van der Waals surface area contributed by atoms with Crippen LogP contribution in [0.2, 0.25) is 0 Å². The van der Waals surface area contributed by atoms with Crippen molar-refractivity contribution in [1.82, 2.24) is 4.72 Å². The fraction of sp³-hybridized carbons (Fsp3) is 0.188. The largest absolute Gasteiger partial charge is 0.308 e. The Morgan fingerprint density at radius 2 is 2.13 bits per heavy atom. The third-order valence-electron chi connectivity index (χ3n) is 3.25. The molecule has 0 unspecified atom stereocenters. The predicted molar refractivity (Wildman–Crippen MR) is 92.3 cm³/mol. The van der Waals surface area contributed by atoms with Crippen LogP contribution in [0.25, 0.3) is 0 Å². The standard InChI is InChI=1S/C16H16N2O3S2/c1-4-12-7-6-8-13(9-12)18(5-2)16(19)15-10-14(11-22-15)23(20,21)17-3/h1,6-11,17H,5H2,2-3H3. The van der Waals surface area contributed by atoms with E-state index in [0.29, 0.717) is 22.7 Å². The first-order chi connectivity index (χ1) is 10.9. The fourth-order valence-electron chi connectivity index (χ4n) is 2.03. The number of nitrogens with one attached hydrogen (secondary N) is 1. The van der Waals surface area contributed by atoms with E-state index in [1.807, 2.05) is 6.92 Å². The molecule has 7 heteroatoms. The molecule has 0 bridgehead atoms. The zero-order valence-corrected chi connectivity index (χ0v) is 14.4. The van der Waals surface area contributed by atoms with Crippen LogP contribution >= 0.6 is 11.3 Å². The van der Waals surface area contributed by atoms with Crippen LogP contribution in [0.3, 0.4) is 0 Å². The van der Waals surface area contributed by atoms with Crippen LogP contribution in [0.5, 0.6) is 0 Å². The van der Waals surface area contributed by atoms with Gasteiger partial charge in [-0.25, -0.2) is 13.1 Å². The number of terminal acetylenes is 1. The van der Waals surface area contributed by atoms with Gasteiger partial charge in [-0.15, -0.1) is 17.8 Å². The molecule has 1 aromatic heterocycles. The summed E-state index contributed by atoms with van der Waals surface area (Å²) in [6.45, 7) is 2.29.